The van der Waals surface area contributed by atoms with E-state index in [2.05, 4.69) is 0 Å². The highest BCUT2D eigenvalue weighted by Crippen LogP contribution is 2.74. The molecule has 5 aromatic carbocycles. The first kappa shape index (κ1) is 29.5. The van der Waals surface area contributed by atoms with E-state index in [0.29, 0.717) is 11.1 Å². The molecule has 2 bridgehead atoms. The smallest absolute Gasteiger partial charge is 0.335 e. The number of aryl methyl sites for hydroxylation is 2. The van der Waals surface area contributed by atoms with Crippen LogP contribution in [0, 0.1) is 25.7 Å². The van der Waals surface area contributed by atoms with Crippen molar-refractivity contribution in [3.8, 4) is 0 Å². The molecule has 6 heteroatoms. The van der Waals surface area contributed by atoms with E-state index >= 15 is 14.4 Å². The van der Waals surface area contributed by atoms with Gasteiger partial charge in [0.05, 0.1) is 33.9 Å². The summed E-state index contributed by atoms with van der Waals surface area (Å²) in [6.45, 7) is 4.00. The molecule has 8 rings (SSSR count). The number of hydrogen-bond donors (Lipinski definition) is 1. The van der Waals surface area contributed by atoms with Crippen LogP contribution >= 0.6 is 0 Å². The second-order valence-corrected chi connectivity index (χ2v) is 13.0. The first-order chi connectivity index (χ1) is 23.2. The van der Waals surface area contributed by atoms with Crippen molar-refractivity contribution in [2.75, 3.05) is 4.90 Å². The Morgan fingerprint density at radius 1 is 0.583 bits per heavy atom. The number of carboxylic acid groups (broad SMARTS) is 1. The average molecular weight is 630 g/mol. The van der Waals surface area contributed by atoms with Gasteiger partial charge in [-0.25, -0.2) is 9.69 Å². The third-order valence-corrected chi connectivity index (χ3v) is 10.5. The van der Waals surface area contributed by atoms with Gasteiger partial charge in [-0.2, -0.15) is 0 Å². The highest BCUT2D eigenvalue weighted by atomic mass is 16.4. The minimum atomic E-state index is -1.52. The lowest BCUT2D eigenvalue weighted by atomic mass is 9.59. The molecule has 48 heavy (non-hydrogen) atoms. The highest BCUT2D eigenvalue weighted by molar-refractivity contribution is 6.39. The Balaban J connectivity index is 1.54. The first-order valence-corrected chi connectivity index (χ1v) is 16.0. The zero-order valence-electron chi connectivity index (χ0n) is 26.4. The summed E-state index contributed by atoms with van der Waals surface area (Å²) in [4.78, 5) is 59.2. The van der Waals surface area contributed by atoms with E-state index in [1.165, 1.54) is 18.2 Å². The minimum Gasteiger partial charge on any atom is -0.478 e. The number of carbonyl (C=O) groups excluding carboxylic acids is 3. The van der Waals surface area contributed by atoms with E-state index in [9.17, 15) is 9.90 Å². The van der Waals surface area contributed by atoms with Crippen LogP contribution in [0.2, 0.25) is 0 Å². The maximum absolute atomic E-state index is 16.0. The van der Waals surface area contributed by atoms with Gasteiger partial charge >= 0.3 is 5.97 Å². The zero-order valence-corrected chi connectivity index (χ0v) is 26.4. The fourth-order valence-electron chi connectivity index (χ4n) is 8.60. The Hall–Kier alpha value is -5.88. The summed E-state index contributed by atoms with van der Waals surface area (Å²) in [5.74, 6) is -4.57. The molecule has 3 aliphatic rings. The maximum atomic E-state index is 16.0. The molecule has 2 aliphatic carbocycles. The topological polar surface area (TPSA) is 91.8 Å². The fraction of sp³-hybridized carbons (Fsp3) is 0.143. The van der Waals surface area contributed by atoms with E-state index in [1.807, 2.05) is 123 Å². The van der Waals surface area contributed by atoms with Crippen LogP contribution in [-0.2, 0) is 25.2 Å². The Labute approximate surface area is 278 Å². The number of Topliss-reactive ketones (excluding diaryl/α,β-unsaturated/α-hetero) is 1. The summed E-state index contributed by atoms with van der Waals surface area (Å²) in [5.41, 5.74) is 3.50. The summed E-state index contributed by atoms with van der Waals surface area (Å²) >= 11 is 0. The van der Waals surface area contributed by atoms with Gasteiger partial charge < -0.3 is 5.11 Å². The van der Waals surface area contributed by atoms with Crippen molar-refractivity contribution < 1.29 is 24.3 Å². The van der Waals surface area contributed by atoms with Gasteiger partial charge in [-0.15, -0.1) is 0 Å². The summed E-state index contributed by atoms with van der Waals surface area (Å²) < 4.78 is 0. The summed E-state index contributed by atoms with van der Waals surface area (Å²) in [5, 5.41) is 9.77. The molecule has 234 valence electrons. The van der Waals surface area contributed by atoms with Crippen LogP contribution in [-0.4, -0.2) is 28.7 Å². The van der Waals surface area contributed by atoms with E-state index < -0.39 is 40.4 Å². The predicted molar refractivity (Wildman–Crippen MR) is 183 cm³/mol. The van der Waals surface area contributed by atoms with Gasteiger partial charge in [0, 0.05) is 0 Å². The normalized spacial score (nSPS) is 24.4. The number of hydrogen-bond acceptors (Lipinski definition) is 4. The summed E-state index contributed by atoms with van der Waals surface area (Å²) in [7, 11) is 0. The van der Waals surface area contributed by atoms with E-state index in [0.717, 1.165) is 38.3 Å². The number of rotatable bonds is 6. The van der Waals surface area contributed by atoms with Gasteiger partial charge in [0.2, 0.25) is 11.8 Å². The number of allylic oxidation sites excluding steroid dienone is 2. The molecule has 1 aliphatic heterocycles. The lowest BCUT2D eigenvalue weighted by molar-refractivity contribution is -0.130. The number of fused-ring (bicyclic) bond motifs is 5. The largest absolute Gasteiger partial charge is 0.478 e. The molecule has 5 aromatic rings. The van der Waals surface area contributed by atoms with E-state index in [-0.39, 0.29) is 17.0 Å². The van der Waals surface area contributed by atoms with Crippen molar-refractivity contribution in [3.05, 3.63) is 172 Å². The van der Waals surface area contributed by atoms with Gasteiger partial charge in [0.1, 0.15) is 0 Å². The Kier molecular flexibility index (Phi) is 6.50. The van der Waals surface area contributed by atoms with E-state index in [1.54, 1.807) is 6.07 Å². The second kappa shape index (κ2) is 10.6. The number of imide groups is 1. The maximum Gasteiger partial charge on any atom is 0.335 e. The van der Waals surface area contributed by atoms with Crippen LogP contribution in [0.5, 0.6) is 0 Å². The van der Waals surface area contributed by atoms with Crippen molar-refractivity contribution in [2.24, 2.45) is 11.8 Å². The Morgan fingerprint density at radius 3 is 1.44 bits per heavy atom. The lowest BCUT2D eigenvalue weighted by Gasteiger charge is -2.39. The number of carboxylic acids is 1. The molecule has 1 N–H and O–H groups in total. The molecule has 0 spiro atoms. The van der Waals surface area contributed by atoms with Gasteiger partial charge in [0.15, 0.2) is 5.78 Å². The Morgan fingerprint density at radius 2 is 1.02 bits per heavy atom. The zero-order chi connectivity index (χ0) is 33.4. The van der Waals surface area contributed by atoms with Crippen LogP contribution in [0.1, 0.15) is 43.7 Å². The number of aromatic carboxylic acids is 1. The number of carbonyl (C=O) groups is 4. The number of amides is 2. The summed E-state index contributed by atoms with van der Waals surface area (Å²) in [6, 6.07) is 40.6. The van der Waals surface area contributed by atoms with Crippen molar-refractivity contribution in [3.63, 3.8) is 0 Å². The molecule has 4 atom stereocenters. The predicted octanol–water partition coefficient (Wildman–Crippen LogP) is 7.19. The lowest BCUT2D eigenvalue weighted by Crippen LogP contribution is -2.45. The minimum absolute atomic E-state index is 0.0430. The standard InChI is InChI=1S/C42H31NO5/c1-25-16-20-27(21-17-25)33-34(28-22-18-26(2)19-23-28)42(31-13-7-4-8-14-31)36-35(41(33,40(42)48)30-11-5-3-6-12-30)37(44)43(38(36)45)32-15-9-10-29(24-32)39(46)47/h3-24,35-36H,1-2H3,(H,46,47)/t35-,36-,41-,42-/m1/s1. The van der Waals surface area contributed by atoms with Crippen molar-refractivity contribution in [1.82, 2.24) is 0 Å². The molecule has 2 fully saturated rings. The fourth-order valence-corrected chi connectivity index (χ4v) is 8.60. The van der Waals surface area contributed by atoms with Crippen LogP contribution in [0.4, 0.5) is 5.69 Å². The first-order valence-electron chi connectivity index (χ1n) is 16.0. The van der Waals surface area contributed by atoms with Crippen molar-refractivity contribution in [1.29, 1.82) is 0 Å². The molecular weight excluding hydrogens is 598 g/mol. The molecule has 0 aromatic heterocycles. The van der Waals surface area contributed by atoms with Gasteiger partial charge in [-0.3, -0.25) is 14.4 Å². The van der Waals surface area contributed by atoms with Crippen molar-refractivity contribution >= 4 is 40.4 Å². The monoisotopic (exact) mass is 629 g/mol. The number of nitrogens with zero attached hydrogens (tertiary/aromatic N) is 1. The molecule has 2 amide bonds. The van der Waals surface area contributed by atoms with Crippen LogP contribution in [0.25, 0.3) is 11.1 Å². The second-order valence-electron chi connectivity index (χ2n) is 13.0. The Bertz CT molecular complexity index is 2060. The van der Waals surface area contributed by atoms with Gasteiger partial charge in [0.25, 0.3) is 0 Å². The molecule has 0 radical (unpaired) electrons. The molecular formula is C42H31NO5. The third kappa shape index (κ3) is 3.74. The average Bonchev–Trinajstić information content (AvgIpc) is 3.62. The quantitative estimate of drug-likeness (QED) is 0.201. The van der Waals surface area contributed by atoms with Crippen LogP contribution in [0.15, 0.2) is 133 Å². The molecule has 0 unspecified atom stereocenters. The van der Waals surface area contributed by atoms with Crippen LogP contribution < -0.4 is 4.90 Å². The van der Waals surface area contributed by atoms with Gasteiger partial charge in [-0.05, 0) is 65.4 Å². The molecule has 1 saturated carbocycles. The highest BCUT2D eigenvalue weighted by Gasteiger charge is 2.82. The van der Waals surface area contributed by atoms with Crippen LogP contribution in [0.3, 0.4) is 0 Å². The number of ketones is 1. The third-order valence-electron chi connectivity index (χ3n) is 10.5. The van der Waals surface area contributed by atoms with Crippen molar-refractivity contribution in [2.45, 2.75) is 24.7 Å². The number of benzene rings is 5. The molecule has 6 nitrogen and oxygen atoms in total. The SMILES string of the molecule is Cc1ccc(C2=C(c3ccc(C)cc3)[C@@]3(c4ccccc4)C(=O)[C@@]2(c2ccccc2)[C@H]2C(=O)N(c4cccc(C(=O)O)c4)C(=O)[C@@H]23)cc1. The van der Waals surface area contributed by atoms with Gasteiger partial charge in [-0.1, -0.05) is 126 Å². The molecule has 1 heterocycles. The van der Waals surface area contributed by atoms with E-state index in [4.69, 9.17) is 0 Å². The number of anilines is 1. The summed E-state index contributed by atoms with van der Waals surface area (Å²) in [6.07, 6.45) is 0. The molecule has 1 saturated heterocycles.